The lowest BCUT2D eigenvalue weighted by atomic mass is 10.1. The van der Waals surface area contributed by atoms with Crippen molar-refractivity contribution in [2.45, 2.75) is 57.8 Å². The number of likely N-dealkylation sites (tertiary alicyclic amines) is 1. The Hall–Kier alpha value is -0.970. The van der Waals surface area contributed by atoms with Crippen LogP contribution in [0.3, 0.4) is 0 Å². The number of benzene rings is 1. The number of likely N-dealkylation sites (N-methyl/N-ethyl adjacent to an activating group) is 1. The number of aliphatic imine (C=N–C) groups is 1. The van der Waals surface area contributed by atoms with Crippen LogP contribution in [0.2, 0.25) is 0 Å². The van der Waals surface area contributed by atoms with Gasteiger partial charge in [-0.2, -0.15) is 0 Å². The molecule has 182 valence electrons. The van der Waals surface area contributed by atoms with Crippen LogP contribution in [0.4, 0.5) is 4.39 Å². The van der Waals surface area contributed by atoms with Gasteiger partial charge < -0.3 is 24.6 Å². The number of nitrogens with zero attached hydrogens (tertiary/aromatic N) is 3. The van der Waals surface area contributed by atoms with Crippen LogP contribution in [-0.4, -0.2) is 81.0 Å². The van der Waals surface area contributed by atoms with Crippen molar-refractivity contribution in [3.05, 3.63) is 35.6 Å². The van der Waals surface area contributed by atoms with Crippen LogP contribution in [0.1, 0.15) is 44.6 Å². The molecule has 1 atom stereocenters. The summed E-state index contributed by atoms with van der Waals surface area (Å²) in [6, 6.07) is 6.71. The number of hydrogen-bond acceptors (Lipinski definition) is 4. The molecule has 2 saturated heterocycles. The molecule has 2 fully saturated rings. The molecule has 0 aliphatic carbocycles. The monoisotopic (exact) mass is 562 g/mol. The first-order valence-corrected chi connectivity index (χ1v) is 11.8. The number of guanidine groups is 1. The minimum atomic E-state index is -0.192. The van der Waals surface area contributed by atoms with Gasteiger partial charge in [0.1, 0.15) is 5.82 Å². The molecule has 8 heteroatoms. The van der Waals surface area contributed by atoms with E-state index in [0.717, 1.165) is 83.3 Å². The molecule has 2 aliphatic rings. The van der Waals surface area contributed by atoms with Crippen molar-refractivity contribution in [2.24, 2.45) is 4.99 Å². The molecule has 6 nitrogen and oxygen atoms in total. The molecule has 32 heavy (non-hydrogen) atoms. The molecule has 0 radical (unpaired) electrons. The molecule has 1 aromatic rings. The number of ether oxygens (including phenoxy) is 2. The van der Waals surface area contributed by atoms with Gasteiger partial charge in [0.15, 0.2) is 5.96 Å². The van der Waals surface area contributed by atoms with Crippen LogP contribution in [0, 0.1) is 5.82 Å². The Morgan fingerprint density at radius 3 is 2.62 bits per heavy atom. The van der Waals surface area contributed by atoms with E-state index in [0.29, 0.717) is 6.10 Å². The van der Waals surface area contributed by atoms with Gasteiger partial charge in [-0.3, -0.25) is 4.99 Å². The van der Waals surface area contributed by atoms with E-state index in [2.05, 4.69) is 29.1 Å². The minimum Gasteiger partial charge on any atom is -0.376 e. The van der Waals surface area contributed by atoms with Crippen LogP contribution in [0.25, 0.3) is 0 Å². The highest BCUT2D eigenvalue weighted by Gasteiger charge is 2.23. The van der Waals surface area contributed by atoms with Gasteiger partial charge in [0.25, 0.3) is 0 Å². The average Bonchev–Trinajstić information content (AvgIpc) is 2.80. The topological polar surface area (TPSA) is 49.3 Å². The van der Waals surface area contributed by atoms with E-state index in [1.165, 1.54) is 25.0 Å². The zero-order valence-corrected chi connectivity index (χ0v) is 21.9. The van der Waals surface area contributed by atoms with Gasteiger partial charge >= 0.3 is 0 Å². The van der Waals surface area contributed by atoms with Gasteiger partial charge in [0.05, 0.1) is 25.4 Å². The predicted molar refractivity (Wildman–Crippen MR) is 138 cm³/mol. The minimum absolute atomic E-state index is 0. The van der Waals surface area contributed by atoms with Gasteiger partial charge in [-0.05, 0) is 63.8 Å². The third-order valence-electron chi connectivity index (χ3n) is 5.98. The van der Waals surface area contributed by atoms with Crippen molar-refractivity contribution in [1.82, 2.24) is 15.1 Å². The van der Waals surface area contributed by atoms with E-state index in [4.69, 9.17) is 14.5 Å². The summed E-state index contributed by atoms with van der Waals surface area (Å²) in [6.45, 7) is 8.90. The van der Waals surface area contributed by atoms with Gasteiger partial charge in [-0.25, -0.2) is 4.39 Å². The SMILES string of the molecule is CCNC(=NCCN(C)Cc1ccc(F)cc1)N1CCC(OCC2CCCCO2)CC1.I. The largest absolute Gasteiger partial charge is 0.376 e. The number of piperidine rings is 1. The van der Waals surface area contributed by atoms with Crippen molar-refractivity contribution in [1.29, 1.82) is 0 Å². The second kappa shape index (κ2) is 15.0. The van der Waals surface area contributed by atoms with E-state index in [-0.39, 0.29) is 35.9 Å². The van der Waals surface area contributed by atoms with Gasteiger partial charge in [-0.15, -0.1) is 24.0 Å². The van der Waals surface area contributed by atoms with Crippen molar-refractivity contribution >= 4 is 29.9 Å². The number of rotatable bonds is 9. The molecular weight excluding hydrogens is 522 g/mol. The van der Waals surface area contributed by atoms with Gasteiger partial charge in [0, 0.05) is 39.3 Å². The highest BCUT2D eigenvalue weighted by atomic mass is 127. The Morgan fingerprint density at radius 2 is 1.97 bits per heavy atom. The van der Waals surface area contributed by atoms with Crippen molar-refractivity contribution in [3.63, 3.8) is 0 Å². The first-order chi connectivity index (χ1) is 15.1. The van der Waals surface area contributed by atoms with E-state index < -0.39 is 0 Å². The van der Waals surface area contributed by atoms with Gasteiger partial charge in [-0.1, -0.05) is 12.1 Å². The Morgan fingerprint density at radius 1 is 1.22 bits per heavy atom. The fraction of sp³-hybridized carbons (Fsp3) is 0.708. The first kappa shape index (κ1) is 27.3. The molecule has 2 aliphatic heterocycles. The maximum absolute atomic E-state index is 13.1. The maximum atomic E-state index is 13.1. The molecule has 0 aromatic heterocycles. The zero-order chi connectivity index (χ0) is 21.9. The normalized spacial score (nSPS) is 20.3. The Balaban J connectivity index is 0.00000363. The van der Waals surface area contributed by atoms with Crippen molar-refractivity contribution < 1.29 is 13.9 Å². The standard InChI is InChI=1S/C24H39FN4O2.HI/c1-3-26-24(27-13-16-28(2)18-20-7-9-21(25)10-8-20)29-14-11-22(12-15-29)31-19-23-6-4-5-17-30-23;/h7-10,22-23H,3-6,11-19H2,1-2H3,(H,26,27);1H. The third kappa shape index (κ3) is 9.49. The van der Waals surface area contributed by atoms with Crippen LogP contribution in [0.15, 0.2) is 29.3 Å². The van der Waals surface area contributed by atoms with Crippen molar-refractivity contribution in [2.75, 3.05) is 53.0 Å². The highest BCUT2D eigenvalue weighted by molar-refractivity contribution is 14.0. The summed E-state index contributed by atoms with van der Waals surface area (Å²) >= 11 is 0. The molecule has 0 saturated carbocycles. The van der Waals surface area contributed by atoms with E-state index in [1.54, 1.807) is 0 Å². The highest BCUT2D eigenvalue weighted by Crippen LogP contribution is 2.18. The lowest BCUT2D eigenvalue weighted by Gasteiger charge is -2.35. The molecule has 2 heterocycles. The van der Waals surface area contributed by atoms with Gasteiger partial charge in [0.2, 0.25) is 0 Å². The predicted octanol–water partition coefficient (Wildman–Crippen LogP) is 3.89. The molecule has 1 unspecified atom stereocenters. The fourth-order valence-corrected chi connectivity index (χ4v) is 4.15. The second-order valence-electron chi connectivity index (χ2n) is 8.61. The van der Waals surface area contributed by atoms with Crippen LogP contribution < -0.4 is 5.32 Å². The maximum Gasteiger partial charge on any atom is 0.193 e. The van der Waals surface area contributed by atoms with E-state index in [9.17, 15) is 4.39 Å². The molecule has 0 spiro atoms. The molecule has 0 amide bonds. The lowest BCUT2D eigenvalue weighted by molar-refractivity contribution is -0.0721. The lowest BCUT2D eigenvalue weighted by Crippen LogP contribution is -2.47. The Bertz CT molecular complexity index is 662. The second-order valence-corrected chi connectivity index (χ2v) is 8.61. The molecule has 1 N–H and O–H groups in total. The Labute approximate surface area is 209 Å². The fourth-order valence-electron chi connectivity index (χ4n) is 4.15. The molecule has 3 rings (SSSR count). The van der Waals surface area contributed by atoms with Crippen LogP contribution in [0.5, 0.6) is 0 Å². The first-order valence-electron chi connectivity index (χ1n) is 11.8. The van der Waals surface area contributed by atoms with Crippen LogP contribution >= 0.6 is 24.0 Å². The van der Waals surface area contributed by atoms with Crippen LogP contribution in [-0.2, 0) is 16.0 Å². The third-order valence-corrected chi connectivity index (χ3v) is 5.98. The number of hydrogen-bond donors (Lipinski definition) is 1. The molecular formula is C24H40FIN4O2. The Kier molecular flexibility index (Phi) is 12.8. The summed E-state index contributed by atoms with van der Waals surface area (Å²) in [6.07, 6.45) is 6.25. The van der Waals surface area contributed by atoms with E-state index in [1.807, 2.05) is 12.1 Å². The molecule has 0 bridgehead atoms. The number of halogens is 2. The zero-order valence-electron chi connectivity index (χ0n) is 19.6. The molecule has 1 aromatic carbocycles. The smallest absolute Gasteiger partial charge is 0.193 e. The summed E-state index contributed by atoms with van der Waals surface area (Å²) < 4.78 is 25.0. The number of nitrogens with one attached hydrogen (secondary N) is 1. The van der Waals surface area contributed by atoms with E-state index >= 15 is 0 Å². The average molecular weight is 563 g/mol. The summed E-state index contributed by atoms with van der Waals surface area (Å²) in [7, 11) is 2.07. The summed E-state index contributed by atoms with van der Waals surface area (Å²) in [5.41, 5.74) is 1.11. The quantitative estimate of drug-likeness (QED) is 0.281. The summed E-state index contributed by atoms with van der Waals surface area (Å²) in [5.74, 6) is 0.800. The summed E-state index contributed by atoms with van der Waals surface area (Å²) in [5, 5.41) is 3.44. The van der Waals surface area contributed by atoms with Crippen molar-refractivity contribution in [3.8, 4) is 0 Å². The summed E-state index contributed by atoms with van der Waals surface area (Å²) in [4.78, 5) is 9.41.